The summed E-state index contributed by atoms with van der Waals surface area (Å²) < 4.78 is 12.8. The molecule has 6 nitrogen and oxygen atoms in total. The molecule has 1 aromatic carbocycles. The van der Waals surface area contributed by atoms with Gasteiger partial charge in [-0.2, -0.15) is 0 Å². The molecule has 0 aromatic heterocycles. The molecule has 0 saturated carbocycles. The molecule has 7 N–H and O–H groups in total. The molecule has 84 valence electrons. The van der Waals surface area contributed by atoms with E-state index in [1.165, 1.54) is 16.8 Å². The van der Waals surface area contributed by atoms with E-state index < -0.39 is 7.59 Å². The standard InChI is InChI=1S/C8H15N4O2P/c1-2-12(15(10,11)14)7-4-3-6(9)5-8(7)13/h3-5,13H,2,9H2,1H3,(H4,10,11,14). The van der Waals surface area contributed by atoms with E-state index in [1.54, 1.807) is 13.0 Å². The van der Waals surface area contributed by atoms with Gasteiger partial charge in [-0.25, -0.2) is 0 Å². The van der Waals surface area contributed by atoms with Crippen molar-refractivity contribution in [3.63, 3.8) is 0 Å². The Kier molecular flexibility index (Phi) is 3.24. The lowest BCUT2D eigenvalue weighted by atomic mass is 10.2. The second-order valence-corrected chi connectivity index (χ2v) is 4.96. The highest BCUT2D eigenvalue weighted by atomic mass is 31.2. The summed E-state index contributed by atoms with van der Waals surface area (Å²) in [6, 6.07) is 4.46. The van der Waals surface area contributed by atoms with E-state index in [4.69, 9.17) is 16.7 Å². The van der Waals surface area contributed by atoms with Gasteiger partial charge in [-0.15, -0.1) is 0 Å². The number of hydrogen-bond donors (Lipinski definition) is 4. The Balaban J connectivity index is 3.19. The van der Waals surface area contributed by atoms with Crippen molar-refractivity contribution in [3.8, 4) is 5.75 Å². The summed E-state index contributed by atoms with van der Waals surface area (Å²) >= 11 is 0. The van der Waals surface area contributed by atoms with E-state index in [1.807, 2.05) is 0 Å². The number of benzene rings is 1. The molecule has 15 heavy (non-hydrogen) atoms. The lowest BCUT2D eigenvalue weighted by molar-refractivity contribution is 0.476. The zero-order valence-corrected chi connectivity index (χ0v) is 9.32. The Morgan fingerprint density at radius 1 is 1.47 bits per heavy atom. The van der Waals surface area contributed by atoms with Crippen LogP contribution in [0.4, 0.5) is 11.4 Å². The second kappa shape index (κ2) is 4.10. The molecule has 1 aromatic rings. The highest BCUT2D eigenvalue weighted by Crippen LogP contribution is 2.41. The minimum Gasteiger partial charge on any atom is -0.506 e. The summed E-state index contributed by atoms with van der Waals surface area (Å²) in [5.41, 5.74) is 16.9. The highest BCUT2D eigenvalue weighted by molar-refractivity contribution is 7.60. The first-order chi connectivity index (χ1) is 6.86. The molecule has 0 radical (unpaired) electrons. The fraction of sp³-hybridized carbons (Fsp3) is 0.250. The molecular formula is C8H15N4O2P. The van der Waals surface area contributed by atoms with E-state index in [0.29, 0.717) is 17.9 Å². The van der Waals surface area contributed by atoms with Crippen LogP contribution in [-0.4, -0.2) is 11.7 Å². The molecule has 0 fully saturated rings. The maximum atomic E-state index is 11.5. The first kappa shape index (κ1) is 11.8. The van der Waals surface area contributed by atoms with Gasteiger partial charge >= 0.3 is 7.59 Å². The van der Waals surface area contributed by atoms with Crippen molar-refractivity contribution in [2.24, 2.45) is 11.0 Å². The number of phenolic OH excluding ortho intramolecular Hbond substituents is 1. The third-order valence-corrected chi connectivity index (χ3v) is 3.21. The molecule has 0 aliphatic heterocycles. The average Bonchev–Trinajstić information content (AvgIpc) is 2.07. The number of hydrogen-bond acceptors (Lipinski definition) is 3. The molecule has 0 saturated heterocycles. The maximum absolute atomic E-state index is 11.5. The summed E-state index contributed by atoms with van der Waals surface area (Å²) in [4.78, 5) is 0. The minimum atomic E-state index is -3.41. The van der Waals surface area contributed by atoms with Crippen molar-refractivity contribution in [3.05, 3.63) is 18.2 Å². The third-order valence-electron chi connectivity index (χ3n) is 1.95. The maximum Gasteiger partial charge on any atom is 0.300 e. The molecule has 0 aliphatic carbocycles. The van der Waals surface area contributed by atoms with E-state index in [9.17, 15) is 9.67 Å². The highest BCUT2D eigenvalue weighted by Gasteiger charge is 2.22. The van der Waals surface area contributed by atoms with Gasteiger partial charge in [-0.3, -0.25) is 20.2 Å². The van der Waals surface area contributed by atoms with Gasteiger partial charge in [-0.1, -0.05) is 0 Å². The normalized spacial score (nSPS) is 11.4. The molecule has 1 rings (SSSR count). The zero-order valence-electron chi connectivity index (χ0n) is 8.42. The molecule has 0 spiro atoms. The molecule has 0 unspecified atom stereocenters. The average molecular weight is 230 g/mol. The monoisotopic (exact) mass is 230 g/mol. The van der Waals surface area contributed by atoms with E-state index in [2.05, 4.69) is 0 Å². The predicted molar refractivity (Wildman–Crippen MR) is 61.5 cm³/mol. The summed E-state index contributed by atoms with van der Waals surface area (Å²) in [6.45, 7) is 2.07. The van der Waals surface area contributed by atoms with E-state index in [-0.39, 0.29) is 5.75 Å². The van der Waals surface area contributed by atoms with Gasteiger partial charge in [0.2, 0.25) is 0 Å². The number of nitrogens with zero attached hydrogens (tertiary/aromatic N) is 1. The van der Waals surface area contributed by atoms with Crippen LogP contribution in [0.2, 0.25) is 0 Å². The van der Waals surface area contributed by atoms with Gasteiger partial charge in [0, 0.05) is 18.3 Å². The number of nitrogens with two attached hydrogens (primary N) is 3. The molecule has 0 bridgehead atoms. The molecule has 0 amide bonds. The van der Waals surface area contributed by atoms with Crippen LogP contribution in [0, 0.1) is 0 Å². The van der Waals surface area contributed by atoms with Gasteiger partial charge in [0.25, 0.3) is 0 Å². The van der Waals surface area contributed by atoms with Gasteiger partial charge in [0.15, 0.2) is 0 Å². The fourth-order valence-corrected chi connectivity index (χ4v) is 2.27. The van der Waals surface area contributed by atoms with E-state index >= 15 is 0 Å². The van der Waals surface area contributed by atoms with Crippen LogP contribution in [0.15, 0.2) is 18.2 Å². The fourth-order valence-electron chi connectivity index (χ4n) is 1.32. The lowest BCUT2D eigenvalue weighted by Crippen LogP contribution is -2.28. The number of nitrogen functional groups attached to an aromatic ring is 1. The van der Waals surface area contributed by atoms with Crippen LogP contribution in [-0.2, 0) is 4.57 Å². The third kappa shape index (κ3) is 2.62. The summed E-state index contributed by atoms with van der Waals surface area (Å²) in [5.74, 6) is -0.0898. The zero-order chi connectivity index (χ0) is 11.6. The van der Waals surface area contributed by atoms with Crippen LogP contribution < -0.4 is 21.4 Å². The minimum absolute atomic E-state index is 0.0898. The van der Waals surface area contributed by atoms with Crippen molar-refractivity contribution >= 4 is 19.0 Å². The lowest BCUT2D eigenvalue weighted by Gasteiger charge is -2.26. The predicted octanol–water partition coefficient (Wildman–Crippen LogP) is 0.826. The molecule has 7 heteroatoms. The number of anilines is 2. The topological polar surface area (TPSA) is 119 Å². The van der Waals surface area contributed by atoms with E-state index in [0.717, 1.165) is 0 Å². The van der Waals surface area contributed by atoms with Crippen LogP contribution >= 0.6 is 7.59 Å². The van der Waals surface area contributed by atoms with Crippen molar-refractivity contribution in [1.82, 2.24) is 0 Å². The van der Waals surface area contributed by atoms with Gasteiger partial charge in [-0.05, 0) is 19.1 Å². The summed E-state index contributed by atoms with van der Waals surface area (Å²) in [5, 5.41) is 9.60. The van der Waals surface area contributed by atoms with Gasteiger partial charge in [0.05, 0.1) is 5.69 Å². The Bertz CT molecular complexity index is 404. The Morgan fingerprint density at radius 2 is 2.07 bits per heavy atom. The first-order valence-electron chi connectivity index (χ1n) is 4.40. The number of aromatic hydroxyl groups is 1. The van der Waals surface area contributed by atoms with Gasteiger partial charge in [0.1, 0.15) is 5.75 Å². The van der Waals surface area contributed by atoms with Crippen molar-refractivity contribution in [2.75, 3.05) is 16.9 Å². The van der Waals surface area contributed by atoms with Crippen LogP contribution in [0.3, 0.4) is 0 Å². The van der Waals surface area contributed by atoms with Crippen molar-refractivity contribution in [1.29, 1.82) is 0 Å². The quantitative estimate of drug-likeness (QED) is 0.451. The van der Waals surface area contributed by atoms with Crippen molar-refractivity contribution < 1.29 is 9.67 Å². The Hall–Kier alpha value is -1.23. The van der Waals surface area contributed by atoms with Crippen molar-refractivity contribution in [2.45, 2.75) is 6.92 Å². The van der Waals surface area contributed by atoms with Gasteiger partial charge < -0.3 is 10.8 Å². The molecule has 0 aliphatic rings. The van der Waals surface area contributed by atoms with Crippen LogP contribution in [0.25, 0.3) is 0 Å². The number of phenols is 1. The second-order valence-electron chi connectivity index (χ2n) is 3.14. The van der Waals surface area contributed by atoms with Crippen LogP contribution in [0.1, 0.15) is 6.92 Å². The van der Waals surface area contributed by atoms with Crippen LogP contribution in [0.5, 0.6) is 5.75 Å². The first-order valence-corrected chi connectivity index (χ1v) is 6.19. The smallest absolute Gasteiger partial charge is 0.300 e. The molecule has 0 heterocycles. The summed E-state index contributed by atoms with van der Waals surface area (Å²) in [7, 11) is -3.41. The molecular weight excluding hydrogens is 215 g/mol. The number of rotatable bonds is 3. The largest absolute Gasteiger partial charge is 0.506 e. The Labute approximate surface area is 88.2 Å². The SMILES string of the molecule is CCN(c1ccc(N)cc1O)P(N)(N)=O. The molecule has 0 atom stereocenters. The summed E-state index contributed by atoms with van der Waals surface area (Å²) in [6.07, 6.45) is 0. The Morgan fingerprint density at radius 3 is 2.47 bits per heavy atom.